The minimum atomic E-state index is 0.249. The maximum atomic E-state index is 5.74. The molecule has 0 saturated heterocycles. The molecule has 0 aromatic heterocycles. The highest BCUT2D eigenvalue weighted by Gasteiger charge is 2.09. The predicted molar refractivity (Wildman–Crippen MR) is 69.1 cm³/mol. The average Bonchev–Trinajstić information content (AvgIpc) is 2.16. The lowest BCUT2D eigenvalue weighted by Crippen LogP contribution is -2.21. The molecule has 2 nitrogen and oxygen atoms in total. The third-order valence-electron chi connectivity index (χ3n) is 2.26. The van der Waals surface area contributed by atoms with Crippen LogP contribution in [-0.4, -0.2) is 24.6 Å². The quantitative estimate of drug-likeness (QED) is 0.704. The number of allylic oxidation sites excluding steroid dienone is 4. The average molecular weight is 221 g/mol. The zero-order valence-corrected chi connectivity index (χ0v) is 10.9. The number of ether oxygens (including phenoxy) is 1. The van der Waals surface area contributed by atoms with Crippen LogP contribution in [0.25, 0.3) is 0 Å². The Bertz CT molecular complexity index is 300. The van der Waals surface area contributed by atoms with E-state index in [0.29, 0.717) is 0 Å². The summed E-state index contributed by atoms with van der Waals surface area (Å²) in [4.78, 5) is 2.16. The van der Waals surface area contributed by atoms with Crippen LogP contribution in [-0.2, 0) is 4.74 Å². The number of rotatable bonds is 5. The normalized spacial score (nSPS) is 16.7. The van der Waals surface area contributed by atoms with Crippen LogP contribution >= 0.6 is 0 Å². The van der Waals surface area contributed by atoms with Crippen LogP contribution < -0.4 is 0 Å². The number of unbranched alkanes of at least 4 members (excludes halogenated alkanes) is 1. The molecule has 0 unspecified atom stereocenters. The van der Waals surface area contributed by atoms with Crippen molar-refractivity contribution >= 4 is 0 Å². The van der Waals surface area contributed by atoms with Crippen LogP contribution in [0.2, 0.25) is 0 Å². The van der Waals surface area contributed by atoms with E-state index in [1.54, 1.807) is 0 Å². The highest BCUT2D eigenvalue weighted by Crippen LogP contribution is 2.16. The number of likely N-dealkylation sites (N-methyl/N-ethyl adjacent to an activating group) is 1. The molecule has 0 aromatic carbocycles. The molecule has 0 spiro atoms. The summed E-state index contributed by atoms with van der Waals surface area (Å²) in [5.74, 6) is 1.05. The van der Waals surface area contributed by atoms with Crippen LogP contribution in [0, 0.1) is 0 Å². The fourth-order valence-electron chi connectivity index (χ4n) is 1.67. The minimum Gasteiger partial charge on any atom is -0.493 e. The van der Waals surface area contributed by atoms with Crippen molar-refractivity contribution in [3.05, 3.63) is 35.8 Å². The molecule has 0 aromatic rings. The van der Waals surface area contributed by atoms with Gasteiger partial charge in [-0.1, -0.05) is 25.5 Å². The third kappa shape index (κ3) is 4.56. The molecular formula is C14H23NO. The lowest BCUT2D eigenvalue weighted by Gasteiger charge is -2.24. The highest BCUT2D eigenvalue weighted by atomic mass is 16.5. The fourth-order valence-corrected chi connectivity index (χ4v) is 1.67. The van der Waals surface area contributed by atoms with Crippen molar-refractivity contribution < 1.29 is 4.74 Å². The van der Waals surface area contributed by atoms with Crippen molar-refractivity contribution in [2.75, 3.05) is 13.6 Å². The standard InChI is InChI=1S/C14H23NO/c1-5-6-7-8-13-9-14(16-12(2)3)11-15(4)10-13/h7-10,12H,5-6,11H2,1-4H3. The monoisotopic (exact) mass is 221 g/mol. The molecule has 1 heterocycles. The Balaban J connectivity index is 2.64. The molecule has 0 saturated carbocycles. The van der Waals surface area contributed by atoms with Gasteiger partial charge in [0, 0.05) is 13.2 Å². The lowest BCUT2D eigenvalue weighted by atomic mass is 10.1. The van der Waals surface area contributed by atoms with Crippen molar-refractivity contribution in [2.24, 2.45) is 0 Å². The third-order valence-corrected chi connectivity index (χ3v) is 2.26. The first kappa shape index (κ1) is 12.9. The molecule has 1 aliphatic heterocycles. The maximum absolute atomic E-state index is 5.74. The molecule has 0 bridgehead atoms. The fraction of sp³-hybridized carbons (Fsp3) is 0.571. The minimum absolute atomic E-state index is 0.249. The summed E-state index contributed by atoms with van der Waals surface area (Å²) in [5, 5.41) is 0. The molecule has 0 amide bonds. The first-order chi connectivity index (χ1) is 7.61. The Kier molecular flexibility index (Phi) is 5.17. The van der Waals surface area contributed by atoms with Crippen LogP contribution in [0.3, 0.4) is 0 Å². The Morgan fingerprint density at radius 3 is 2.88 bits per heavy atom. The van der Waals surface area contributed by atoms with Gasteiger partial charge < -0.3 is 9.64 Å². The zero-order valence-electron chi connectivity index (χ0n) is 10.9. The molecule has 1 aliphatic rings. The van der Waals surface area contributed by atoms with Crippen LogP contribution in [0.4, 0.5) is 0 Å². The Labute approximate surface area is 99.3 Å². The summed E-state index contributed by atoms with van der Waals surface area (Å²) in [7, 11) is 2.07. The van der Waals surface area contributed by atoms with Gasteiger partial charge in [0.05, 0.1) is 12.6 Å². The van der Waals surface area contributed by atoms with Crippen molar-refractivity contribution in [3.8, 4) is 0 Å². The van der Waals surface area contributed by atoms with Gasteiger partial charge in [0.25, 0.3) is 0 Å². The highest BCUT2D eigenvalue weighted by molar-refractivity contribution is 5.34. The molecule has 2 heteroatoms. The van der Waals surface area contributed by atoms with Crippen molar-refractivity contribution in [1.29, 1.82) is 0 Å². The van der Waals surface area contributed by atoms with E-state index in [1.807, 2.05) is 0 Å². The molecule has 1 rings (SSSR count). The number of nitrogens with zero attached hydrogens (tertiary/aromatic N) is 1. The molecule has 16 heavy (non-hydrogen) atoms. The van der Waals surface area contributed by atoms with Gasteiger partial charge in [0.1, 0.15) is 5.76 Å². The second-order valence-corrected chi connectivity index (χ2v) is 4.51. The van der Waals surface area contributed by atoms with E-state index in [4.69, 9.17) is 4.74 Å². The molecule has 0 aliphatic carbocycles. The Morgan fingerprint density at radius 1 is 1.50 bits per heavy atom. The summed E-state index contributed by atoms with van der Waals surface area (Å²) in [6.07, 6.45) is 11.2. The van der Waals surface area contributed by atoms with Gasteiger partial charge in [-0.2, -0.15) is 0 Å². The van der Waals surface area contributed by atoms with E-state index >= 15 is 0 Å². The number of hydrogen-bond acceptors (Lipinski definition) is 2. The first-order valence-corrected chi connectivity index (χ1v) is 6.07. The zero-order chi connectivity index (χ0) is 12.0. The van der Waals surface area contributed by atoms with Gasteiger partial charge >= 0.3 is 0 Å². The molecule has 0 N–H and O–H groups in total. The van der Waals surface area contributed by atoms with Crippen molar-refractivity contribution in [1.82, 2.24) is 4.90 Å². The van der Waals surface area contributed by atoms with E-state index in [1.165, 1.54) is 12.0 Å². The van der Waals surface area contributed by atoms with Crippen LogP contribution in [0.1, 0.15) is 33.6 Å². The van der Waals surface area contributed by atoms with Crippen molar-refractivity contribution in [2.45, 2.75) is 39.7 Å². The van der Waals surface area contributed by atoms with E-state index in [0.717, 1.165) is 18.7 Å². The van der Waals surface area contributed by atoms with Gasteiger partial charge in [-0.05, 0) is 31.9 Å². The summed E-state index contributed by atoms with van der Waals surface area (Å²) in [5.41, 5.74) is 1.22. The maximum Gasteiger partial charge on any atom is 0.116 e. The van der Waals surface area contributed by atoms with Gasteiger partial charge in [-0.3, -0.25) is 0 Å². The second-order valence-electron chi connectivity index (χ2n) is 4.51. The van der Waals surface area contributed by atoms with Crippen LogP contribution in [0.15, 0.2) is 35.8 Å². The first-order valence-electron chi connectivity index (χ1n) is 6.07. The second kappa shape index (κ2) is 6.41. The Morgan fingerprint density at radius 2 is 2.25 bits per heavy atom. The summed E-state index contributed by atoms with van der Waals surface area (Å²) >= 11 is 0. The van der Waals surface area contributed by atoms with Gasteiger partial charge in [-0.25, -0.2) is 0 Å². The van der Waals surface area contributed by atoms with Gasteiger partial charge in [0.2, 0.25) is 0 Å². The lowest BCUT2D eigenvalue weighted by molar-refractivity contribution is 0.131. The molecule has 0 atom stereocenters. The topological polar surface area (TPSA) is 12.5 Å². The van der Waals surface area contributed by atoms with Crippen molar-refractivity contribution in [3.63, 3.8) is 0 Å². The van der Waals surface area contributed by atoms with E-state index < -0.39 is 0 Å². The molecule has 0 radical (unpaired) electrons. The van der Waals surface area contributed by atoms with E-state index in [9.17, 15) is 0 Å². The van der Waals surface area contributed by atoms with E-state index in [2.05, 4.69) is 57.1 Å². The van der Waals surface area contributed by atoms with E-state index in [-0.39, 0.29) is 6.10 Å². The SMILES string of the molecule is CCCC=CC1=CN(C)CC(OC(C)C)=C1. The van der Waals surface area contributed by atoms with Gasteiger partial charge in [0.15, 0.2) is 0 Å². The molecule has 90 valence electrons. The van der Waals surface area contributed by atoms with Crippen LogP contribution in [0.5, 0.6) is 0 Å². The van der Waals surface area contributed by atoms with Gasteiger partial charge in [-0.15, -0.1) is 0 Å². The largest absolute Gasteiger partial charge is 0.493 e. The Hall–Kier alpha value is -1.18. The summed E-state index contributed by atoms with van der Waals surface area (Å²) < 4.78 is 5.74. The smallest absolute Gasteiger partial charge is 0.116 e. The molecule has 0 fully saturated rings. The number of hydrogen-bond donors (Lipinski definition) is 0. The summed E-state index contributed by atoms with van der Waals surface area (Å²) in [6, 6.07) is 0. The summed E-state index contributed by atoms with van der Waals surface area (Å²) in [6.45, 7) is 7.18. The molecular weight excluding hydrogens is 198 g/mol. The predicted octanol–water partition coefficient (Wildman–Crippen LogP) is 3.48.